The van der Waals surface area contributed by atoms with E-state index in [4.69, 9.17) is 4.74 Å². The van der Waals surface area contributed by atoms with E-state index < -0.39 is 7.54 Å². The summed E-state index contributed by atoms with van der Waals surface area (Å²) in [7, 11) is 0.0842. The van der Waals surface area contributed by atoms with Gasteiger partial charge in [0.1, 0.15) is 0 Å². The van der Waals surface area contributed by atoms with E-state index in [0.717, 1.165) is 26.3 Å². The molecule has 0 unspecified atom stereocenters. The molecule has 0 aromatic rings. The standard InChI is InChI=1S/C5H10NO.BF3.K/c1-6-2-4-7-5-3-6;2-1(3)4;/h1-5H2;;/q-1;;+1. The van der Waals surface area contributed by atoms with Crippen molar-refractivity contribution in [2.24, 2.45) is 0 Å². The van der Waals surface area contributed by atoms with Crippen molar-refractivity contribution in [1.82, 2.24) is 4.90 Å². The predicted molar refractivity (Wildman–Crippen MR) is 36.8 cm³/mol. The van der Waals surface area contributed by atoms with Crippen LogP contribution < -0.4 is 51.4 Å². The zero-order chi connectivity index (χ0) is 8.69. The zero-order valence-electron chi connectivity index (χ0n) is 7.10. The first-order valence-corrected chi connectivity index (χ1v) is 3.18. The molecule has 0 aromatic carbocycles. The van der Waals surface area contributed by atoms with Crippen molar-refractivity contribution >= 4 is 7.54 Å². The van der Waals surface area contributed by atoms with E-state index in [-0.39, 0.29) is 51.4 Å². The van der Waals surface area contributed by atoms with Crippen molar-refractivity contribution in [3.05, 3.63) is 7.05 Å². The van der Waals surface area contributed by atoms with Crippen molar-refractivity contribution in [2.75, 3.05) is 26.3 Å². The number of nitrogens with zero attached hydrogens (tertiary/aromatic N) is 1. The first-order chi connectivity index (χ1) is 5.13. The third-order valence-corrected chi connectivity index (χ3v) is 1.10. The summed E-state index contributed by atoms with van der Waals surface area (Å²) in [5.74, 6) is 0. The molecule has 0 bridgehead atoms. The minimum Gasteiger partial charge on any atom is -0.455 e. The summed E-state index contributed by atoms with van der Waals surface area (Å²) in [5, 5.41) is 0. The van der Waals surface area contributed by atoms with Crippen LogP contribution in [-0.2, 0) is 4.74 Å². The maximum absolute atomic E-state index is 9.67. The van der Waals surface area contributed by atoms with Gasteiger partial charge in [-0.1, -0.05) is 0 Å². The number of morpholine rings is 1. The van der Waals surface area contributed by atoms with Gasteiger partial charge in [-0.05, 0) is 13.1 Å². The molecule has 0 atom stereocenters. The van der Waals surface area contributed by atoms with Crippen LogP contribution in [0.15, 0.2) is 0 Å². The predicted octanol–water partition coefficient (Wildman–Crippen LogP) is -2.01. The van der Waals surface area contributed by atoms with Gasteiger partial charge in [0.2, 0.25) is 0 Å². The Kier molecular flexibility index (Phi) is 13.9. The second-order valence-corrected chi connectivity index (χ2v) is 1.98. The maximum Gasteiger partial charge on any atom is 1.00 e. The number of hydrogen-bond donors (Lipinski definition) is 0. The fourth-order valence-electron chi connectivity index (χ4n) is 0.601. The van der Waals surface area contributed by atoms with Gasteiger partial charge >= 0.3 is 58.9 Å². The van der Waals surface area contributed by atoms with Crippen LogP contribution in [0.3, 0.4) is 0 Å². The molecule has 1 aliphatic rings. The molecule has 66 valence electrons. The Morgan fingerprint density at radius 2 is 1.50 bits per heavy atom. The van der Waals surface area contributed by atoms with Gasteiger partial charge in [-0.2, -0.15) is 0 Å². The molecule has 1 saturated heterocycles. The van der Waals surface area contributed by atoms with E-state index in [9.17, 15) is 12.9 Å². The van der Waals surface area contributed by atoms with E-state index in [1.807, 2.05) is 4.90 Å². The zero-order valence-corrected chi connectivity index (χ0v) is 10.2. The molecule has 0 aliphatic carbocycles. The smallest absolute Gasteiger partial charge is 0.455 e. The van der Waals surface area contributed by atoms with E-state index in [2.05, 4.69) is 7.05 Å². The Morgan fingerprint density at radius 1 is 1.17 bits per heavy atom. The molecule has 1 rings (SSSR count). The van der Waals surface area contributed by atoms with Gasteiger partial charge < -0.3 is 9.64 Å². The SMILES string of the molecule is FB(F)F.[CH2-]N1CCOCC1.[K+]. The molecule has 12 heavy (non-hydrogen) atoms. The molecule has 7 heteroatoms. The van der Waals surface area contributed by atoms with Crippen molar-refractivity contribution in [2.45, 2.75) is 0 Å². The van der Waals surface area contributed by atoms with Crippen molar-refractivity contribution in [3.63, 3.8) is 0 Å². The number of halogens is 3. The molecule has 1 aliphatic heterocycles. The van der Waals surface area contributed by atoms with Crippen molar-refractivity contribution in [3.8, 4) is 0 Å². The van der Waals surface area contributed by atoms with Gasteiger partial charge in [0.05, 0.1) is 13.2 Å². The second-order valence-electron chi connectivity index (χ2n) is 1.98. The van der Waals surface area contributed by atoms with Gasteiger partial charge in [-0.3, -0.25) is 20.0 Å². The van der Waals surface area contributed by atoms with E-state index in [1.165, 1.54) is 0 Å². The van der Waals surface area contributed by atoms with Crippen LogP contribution in [0.25, 0.3) is 0 Å². The summed E-state index contributed by atoms with van der Waals surface area (Å²) >= 11 is 0. The summed E-state index contributed by atoms with van der Waals surface area (Å²) < 4.78 is 34.1. The van der Waals surface area contributed by atoms with Crippen LogP contribution in [0.1, 0.15) is 0 Å². The third-order valence-electron chi connectivity index (χ3n) is 1.10. The maximum atomic E-state index is 9.67. The fraction of sp³-hybridized carbons (Fsp3) is 0.800. The molecule has 0 spiro atoms. The van der Waals surface area contributed by atoms with E-state index in [0.29, 0.717) is 0 Å². The van der Waals surface area contributed by atoms with Crippen molar-refractivity contribution in [1.29, 1.82) is 0 Å². The van der Waals surface area contributed by atoms with Gasteiger partial charge in [-0.15, -0.1) is 0 Å². The largest absolute Gasteiger partial charge is 1.00 e. The van der Waals surface area contributed by atoms with Crippen LogP contribution in [-0.4, -0.2) is 38.7 Å². The number of rotatable bonds is 0. The first kappa shape index (κ1) is 15.9. The molecule has 1 heterocycles. The first-order valence-electron chi connectivity index (χ1n) is 3.18. The van der Waals surface area contributed by atoms with Crippen LogP contribution in [0.2, 0.25) is 0 Å². The summed E-state index contributed by atoms with van der Waals surface area (Å²) in [6, 6.07) is 0. The van der Waals surface area contributed by atoms with Gasteiger partial charge in [0.25, 0.3) is 0 Å². The molecule has 1 fully saturated rings. The topological polar surface area (TPSA) is 12.5 Å². The van der Waals surface area contributed by atoms with Crippen LogP contribution in [0.4, 0.5) is 12.9 Å². The molecular formula is C5H10BF3KNO. The average molecular weight is 207 g/mol. The summed E-state index contributed by atoms with van der Waals surface area (Å²) in [6.07, 6.45) is 0. The van der Waals surface area contributed by atoms with E-state index in [1.54, 1.807) is 0 Å². The molecular weight excluding hydrogens is 197 g/mol. The number of ether oxygens (including phenoxy) is 1. The van der Waals surface area contributed by atoms with Gasteiger partial charge in [0, 0.05) is 0 Å². The molecule has 2 nitrogen and oxygen atoms in total. The Hall–Kier alpha value is 1.41. The minimum atomic E-state index is -3.67. The molecule has 0 N–H and O–H groups in total. The molecule has 0 radical (unpaired) electrons. The molecule has 0 aromatic heterocycles. The monoisotopic (exact) mass is 207 g/mol. The second kappa shape index (κ2) is 10.5. The van der Waals surface area contributed by atoms with Crippen LogP contribution >= 0.6 is 0 Å². The van der Waals surface area contributed by atoms with Gasteiger partial charge in [0.15, 0.2) is 0 Å². The molecule has 0 amide bonds. The van der Waals surface area contributed by atoms with Gasteiger partial charge in [-0.25, -0.2) is 0 Å². The quantitative estimate of drug-likeness (QED) is 0.336. The average Bonchev–Trinajstić information content (AvgIpc) is 1.87. The third kappa shape index (κ3) is 14.0. The summed E-state index contributed by atoms with van der Waals surface area (Å²) in [4.78, 5) is 2.02. The summed E-state index contributed by atoms with van der Waals surface area (Å²) in [5.41, 5.74) is 0. The Balaban J connectivity index is 0. The van der Waals surface area contributed by atoms with Crippen molar-refractivity contribution < 1.29 is 69.1 Å². The van der Waals surface area contributed by atoms with Crippen LogP contribution in [0, 0.1) is 7.05 Å². The fourth-order valence-corrected chi connectivity index (χ4v) is 0.601. The van der Waals surface area contributed by atoms with Crippen LogP contribution in [0.5, 0.6) is 0 Å². The Morgan fingerprint density at radius 3 is 1.67 bits per heavy atom. The molecule has 0 saturated carbocycles. The van der Waals surface area contributed by atoms with E-state index >= 15 is 0 Å². The Labute approximate surface area is 113 Å². The Bertz CT molecular complexity index is 92.0. The minimum absolute atomic E-state index is 0. The number of hydrogen-bond acceptors (Lipinski definition) is 2. The summed E-state index contributed by atoms with van der Waals surface area (Å²) in [6.45, 7) is 3.67. The normalized spacial score (nSPS) is 17.0.